The van der Waals surface area contributed by atoms with Crippen LogP contribution in [-0.2, 0) is 17.8 Å². The summed E-state index contributed by atoms with van der Waals surface area (Å²) in [4.78, 5) is 26.4. The van der Waals surface area contributed by atoms with E-state index in [0.717, 1.165) is 37.1 Å². The van der Waals surface area contributed by atoms with Gasteiger partial charge in [-0.2, -0.15) is 0 Å². The molecule has 1 aliphatic heterocycles. The molecule has 0 spiro atoms. The van der Waals surface area contributed by atoms with Gasteiger partial charge in [-0.1, -0.05) is 30.3 Å². The van der Waals surface area contributed by atoms with Crippen LogP contribution in [0.4, 0.5) is 0 Å². The van der Waals surface area contributed by atoms with E-state index in [4.69, 9.17) is 4.74 Å². The zero-order chi connectivity index (χ0) is 18.4. The molecule has 136 valence electrons. The van der Waals surface area contributed by atoms with Gasteiger partial charge in [0.25, 0.3) is 5.91 Å². The predicted molar refractivity (Wildman–Crippen MR) is 100 cm³/mol. The summed E-state index contributed by atoms with van der Waals surface area (Å²) < 4.78 is 5.27. The van der Waals surface area contributed by atoms with Crippen molar-refractivity contribution in [3.63, 3.8) is 0 Å². The number of carbonyl (C=O) groups excluding carboxylic acids is 2. The largest absolute Gasteiger partial charge is 0.496 e. The molecule has 5 heteroatoms. The van der Waals surface area contributed by atoms with E-state index in [-0.39, 0.29) is 18.2 Å². The van der Waals surface area contributed by atoms with Crippen molar-refractivity contribution in [2.75, 3.05) is 20.2 Å². The SMILES string of the molecule is COc1ccccc1CC(=O)NCc1ccc(C(=O)N2CCCC2)cc1. The number of hydrogen-bond acceptors (Lipinski definition) is 3. The Labute approximate surface area is 154 Å². The van der Waals surface area contributed by atoms with Gasteiger partial charge in [0.2, 0.25) is 5.91 Å². The van der Waals surface area contributed by atoms with Gasteiger partial charge in [-0.25, -0.2) is 0 Å². The quantitative estimate of drug-likeness (QED) is 0.870. The Morgan fingerprint density at radius 3 is 2.42 bits per heavy atom. The normalized spacial score (nSPS) is 13.5. The zero-order valence-corrected chi connectivity index (χ0v) is 15.0. The summed E-state index contributed by atoms with van der Waals surface area (Å²) in [7, 11) is 1.60. The molecule has 1 aliphatic rings. The number of hydrogen-bond donors (Lipinski definition) is 1. The van der Waals surface area contributed by atoms with Gasteiger partial charge >= 0.3 is 0 Å². The first-order chi connectivity index (χ1) is 12.7. The smallest absolute Gasteiger partial charge is 0.253 e. The van der Waals surface area contributed by atoms with Gasteiger partial charge in [-0.3, -0.25) is 9.59 Å². The Morgan fingerprint density at radius 2 is 1.73 bits per heavy atom. The van der Waals surface area contributed by atoms with Crippen LogP contribution in [0.15, 0.2) is 48.5 Å². The third-order valence-electron chi connectivity index (χ3n) is 4.63. The van der Waals surface area contributed by atoms with E-state index < -0.39 is 0 Å². The van der Waals surface area contributed by atoms with Crippen molar-refractivity contribution in [2.24, 2.45) is 0 Å². The summed E-state index contributed by atoms with van der Waals surface area (Å²) in [5.41, 5.74) is 2.53. The molecule has 3 rings (SSSR count). The van der Waals surface area contributed by atoms with Gasteiger partial charge in [-0.05, 0) is 36.6 Å². The minimum Gasteiger partial charge on any atom is -0.496 e. The highest BCUT2D eigenvalue weighted by atomic mass is 16.5. The summed E-state index contributed by atoms with van der Waals surface area (Å²) in [6.07, 6.45) is 2.44. The standard InChI is InChI=1S/C21H24N2O3/c1-26-19-7-3-2-6-18(19)14-20(24)22-15-16-8-10-17(11-9-16)21(25)23-12-4-5-13-23/h2-3,6-11H,4-5,12-15H2,1H3,(H,22,24). The molecular weight excluding hydrogens is 328 g/mol. The number of methoxy groups -OCH3 is 1. The maximum absolute atomic E-state index is 12.3. The number of para-hydroxylation sites is 1. The van der Waals surface area contributed by atoms with Crippen molar-refractivity contribution < 1.29 is 14.3 Å². The second-order valence-corrected chi connectivity index (χ2v) is 6.46. The number of nitrogens with zero attached hydrogens (tertiary/aromatic N) is 1. The third-order valence-corrected chi connectivity index (χ3v) is 4.63. The Hall–Kier alpha value is -2.82. The number of carbonyl (C=O) groups is 2. The van der Waals surface area contributed by atoms with Crippen molar-refractivity contribution in [1.29, 1.82) is 0 Å². The van der Waals surface area contributed by atoms with E-state index in [1.165, 1.54) is 0 Å². The van der Waals surface area contributed by atoms with Crippen molar-refractivity contribution in [3.05, 3.63) is 65.2 Å². The van der Waals surface area contributed by atoms with Crippen LogP contribution in [0.5, 0.6) is 5.75 Å². The maximum Gasteiger partial charge on any atom is 0.253 e. The van der Waals surface area contributed by atoms with Gasteiger partial charge in [0, 0.05) is 30.8 Å². The number of likely N-dealkylation sites (tertiary alicyclic amines) is 1. The maximum atomic E-state index is 12.3. The van der Waals surface area contributed by atoms with Crippen LogP contribution in [0.25, 0.3) is 0 Å². The fraction of sp³-hybridized carbons (Fsp3) is 0.333. The van der Waals surface area contributed by atoms with E-state index in [1.54, 1.807) is 7.11 Å². The molecule has 1 N–H and O–H groups in total. The molecule has 2 aromatic rings. The summed E-state index contributed by atoms with van der Waals surface area (Å²) in [6.45, 7) is 2.13. The molecule has 2 amide bonds. The molecule has 2 aromatic carbocycles. The van der Waals surface area contributed by atoms with E-state index in [1.807, 2.05) is 53.4 Å². The number of benzene rings is 2. The summed E-state index contributed by atoms with van der Waals surface area (Å²) in [6, 6.07) is 15.0. The fourth-order valence-electron chi connectivity index (χ4n) is 3.15. The first-order valence-corrected chi connectivity index (χ1v) is 8.94. The molecule has 1 fully saturated rings. The zero-order valence-electron chi connectivity index (χ0n) is 15.0. The molecule has 0 atom stereocenters. The van der Waals surface area contributed by atoms with Crippen molar-refractivity contribution in [3.8, 4) is 5.75 Å². The third kappa shape index (κ3) is 4.42. The fourth-order valence-corrected chi connectivity index (χ4v) is 3.15. The summed E-state index contributed by atoms with van der Waals surface area (Å²) in [5.74, 6) is 0.744. The summed E-state index contributed by atoms with van der Waals surface area (Å²) >= 11 is 0. The van der Waals surface area contributed by atoms with Crippen LogP contribution in [0, 0.1) is 0 Å². The lowest BCUT2D eigenvalue weighted by Crippen LogP contribution is -2.27. The van der Waals surface area contributed by atoms with Crippen LogP contribution < -0.4 is 10.1 Å². The highest BCUT2D eigenvalue weighted by Gasteiger charge is 2.19. The van der Waals surface area contributed by atoms with Crippen LogP contribution in [0.1, 0.15) is 34.3 Å². The van der Waals surface area contributed by atoms with Crippen LogP contribution in [0.3, 0.4) is 0 Å². The lowest BCUT2D eigenvalue weighted by molar-refractivity contribution is -0.120. The molecule has 0 aromatic heterocycles. The van der Waals surface area contributed by atoms with Gasteiger partial charge in [0.05, 0.1) is 13.5 Å². The van der Waals surface area contributed by atoms with Crippen LogP contribution in [0.2, 0.25) is 0 Å². The molecule has 1 heterocycles. The lowest BCUT2D eigenvalue weighted by atomic mass is 10.1. The molecule has 0 saturated carbocycles. The number of nitrogens with one attached hydrogen (secondary N) is 1. The van der Waals surface area contributed by atoms with Crippen LogP contribution in [-0.4, -0.2) is 36.9 Å². The second kappa shape index (κ2) is 8.52. The van der Waals surface area contributed by atoms with E-state index in [2.05, 4.69) is 5.32 Å². The van der Waals surface area contributed by atoms with Crippen molar-refractivity contribution in [2.45, 2.75) is 25.8 Å². The Kier molecular flexibility index (Phi) is 5.89. The van der Waals surface area contributed by atoms with Crippen LogP contribution >= 0.6 is 0 Å². The van der Waals surface area contributed by atoms with Crippen molar-refractivity contribution >= 4 is 11.8 Å². The van der Waals surface area contributed by atoms with E-state index in [0.29, 0.717) is 17.9 Å². The molecular formula is C21H24N2O3. The molecule has 0 unspecified atom stereocenters. The molecule has 0 radical (unpaired) electrons. The molecule has 0 bridgehead atoms. The highest BCUT2D eigenvalue weighted by Crippen LogP contribution is 2.18. The van der Waals surface area contributed by atoms with E-state index in [9.17, 15) is 9.59 Å². The second-order valence-electron chi connectivity index (χ2n) is 6.46. The Morgan fingerprint density at radius 1 is 1.04 bits per heavy atom. The van der Waals surface area contributed by atoms with Gasteiger partial charge < -0.3 is 15.0 Å². The average Bonchev–Trinajstić information content (AvgIpc) is 3.21. The number of amides is 2. The van der Waals surface area contributed by atoms with Gasteiger partial charge in [0.15, 0.2) is 0 Å². The molecule has 5 nitrogen and oxygen atoms in total. The first-order valence-electron chi connectivity index (χ1n) is 8.94. The van der Waals surface area contributed by atoms with Crippen molar-refractivity contribution in [1.82, 2.24) is 10.2 Å². The Balaban J connectivity index is 1.53. The summed E-state index contributed by atoms with van der Waals surface area (Å²) in [5, 5.41) is 2.91. The topological polar surface area (TPSA) is 58.6 Å². The first kappa shape index (κ1) is 18.0. The lowest BCUT2D eigenvalue weighted by Gasteiger charge is -2.15. The molecule has 0 aliphatic carbocycles. The molecule has 1 saturated heterocycles. The minimum absolute atomic E-state index is 0.0632. The van der Waals surface area contributed by atoms with Gasteiger partial charge in [0.1, 0.15) is 5.75 Å². The Bertz CT molecular complexity index is 765. The molecule has 26 heavy (non-hydrogen) atoms. The highest BCUT2D eigenvalue weighted by molar-refractivity contribution is 5.94. The average molecular weight is 352 g/mol. The number of rotatable bonds is 6. The number of ether oxygens (including phenoxy) is 1. The predicted octanol–water partition coefficient (Wildman–Crippen LogP) is 2.79. The minimum atomic E-state index is -0.0632. The van der Waals surface area contributed by atoms with E-state index >= 15 is 0 Å². The van der Waals surface area contributed by atoms with Gasteiger partial charge in [-0.15, -0.1) is 0 Å². The monoisotopic (exact) mass is 352 g/mol.